The molecule has 1 aliphatic rings. The van der Waals surface area contributed by atoms with Gasteiger partial charge in [-0.3, -0.25) is 4.98 Å². The zero-order chi connectivity index (χ0) is 25.5. The van der Waals surface area contributed by atoms with E-state index in [0.29, 0.717) is 55.9 Å². The molecule has 10 nitrogen and oxygen atoms in total. The predicted octanol–water partition coefficient (Wildman–Crippen LogP) is 4.20. The van der Waals surface area contributed by atoms with Gasteiger partial charge in [-0.05, 0) is 30.3 Å². The van der Waals surface area contributed by atoms with Crippen LogP contribution in [-0.4, -0.2) is 52.2 Å². The number of pyridine rings is 1. The third-order valence-corrected chi connectivity index (χ3v) is 5.68. The largest absolute Gasteiger partial charge is 0.457 e. The number of urea groups is 1. The number of carbonyl (C=O) groups is 1. The summed E-state index contributed by atoms with van der Waals surface area (Å²) in [5.41, 5.74) is 9.16. The number of hydrogen-bond donors (Lipinski definition) is 3. The van der Waals surface area contributed by atoms with Crippen LogP contribution in [0.2, 0.25) is 0 Å². The van der Waals surface area contributed by atoms with Gasteiger partial charge in [0.1, 0.15) is 17.3 Å². The summed E-state index contributed by atoms with van der Waals surface area (Å²) in [5.74, 6) is 2.07. The summed E-state index contributed by atoms with van der Waals surface area (Å²) in [7, 11) is 0. The monoisotopic (exact) mass is 497 g/mol. The zero-order valence-corrected chi connectivity index (χ0v) is 20.1. The van der Waals surface area contributed by atoms with Crippen LogP contribution >= 0.6 is 0 Å². The number of nitrogen functional groups attached to an aromatic ring is 1. The smallest absolute Gasteiger partial charge is 0.317 e. The summed E-state index contributed by atoms with van der Waals surface area (Å²) in [4.78, 5) is 27.0. The Hall–Kier alpha value is -4.70. The average Bonchev–Trinajstić information content (AvgIpc) is 2.94. The Morgan fingerprint density at radius 3 is 2.54 bits per heavy atom. The molecule has 188 valence electrons. The second-order valence-corrected chi connectivity index (χ2v) is 8.36. The van der Waals surface area contributed by atoms with Gasteiger partial charge in [-0.2, -0.15) is 4.98 Å². The number of rotatable bonds is 7. The SMILES string of the molecule is Nc1nc(Nc2ccc(Oc3ccnc(CNC(=O)N4CCOCC4)c3)cc2)cc(-c2ccccc2)n1. The van der Waals surface area contributed by atoms with Gasteiger partial charge in [0.25, 0.3) is 0 Å². The highest BCUT2D eigenvalue weighted by Crippen LogP contribution is 2.26. The molecular formula is C27H27N7O3. The second kappa shape index (κ2) is 11.4. The van der Waals surface area contributed by atoms with Crippen molar-refractivity contribution in [3.05, 3.63) is 84.7 Å². The molecule has 0 spiro atoms. The number of carbonyl (C=O) groups excluding carboxylic acids is 1. The Balaban J connectivity index is 1.19. The van der Waals surface area contributed by atoms with Crippen molar-refractivity contribution in [2.45, 2.75) is 6.54 Å². The topological polar surface area (TPSA) is 128 Å². The van der Waals surface area contributed by atoms with Crippen molar-refractivity contribution in [3.63, 3.8) is 0 Å². The summed E-state index contributed by atoms with van der Waals surface area (Å²) in [6.07, 6.45) is 1.66. The van der Waals surface area contributed by atoms with Crippen LogP contribution in [0.5, 0.6) is 11.5 Å². The van der Waals surface area contributed by atoms with Crippen molar-refractivity contribution in [2.75, 3.05) is 37.4 Å². The van der Waals surface area contributed by atoms with E-state index >= 15 is 0 Å². The highest BCUT2D eigenvalue weighted by atomic mass is 16.5. The third-order valence-electron chi connectivity index (χ3n) is 5.68. The van der Waals surface area contributed by atoms with Crippen molar-refractivity contribution in [2.24, 2.45) is 0 Å². The van der Waals surface area contributed by atoms with Gasteiger partial charge in [0.2, 0.25) is 5.95 Å². The Labute approximate surface area is 214 Å². The molecule has 3 heterocycles. The van der Waals surface area contributed by atoms with Gasteiger partial charge in [0.05, 0.1) is 31.1 Å². The van der Waals surface area contributed by atoms with Crippen LogP contribution < -0.4 is 21.1 Å². The van der Waals surface area contributed by atoms with Crippen LogP contribution in [0, 0.1) is 0 Å². The highest BCUT2D eigenvalue weighted by molar-refractivity contribution is 5.74. The van der Waals surface area contributed by atoms with Gasteiger partial charge >= 0.3 is 6.03 Å². The minimum absolute atomic E-state index is 0.124. The van der Waals surface area contributed by atoms with E-state index in [1.165, 1.54) is 0 Å². The molecule has 10 heteroatoms. The molecule has 0 saturated carbocycles. The molecule has 5 rings (SSSR count). The van der Waals surface area contributed by atoms with Crippen molar-refractivity contribution < 1.29 is 14.3 Å². The number of morpholine rings is 1. The van der Waals surface area contributed by atoms with E-state index in [0.717, 1.165) is 16.9 Å². The summed E-state index contributed by atoms with van der Waals surface area (Å²) in [6, 6.07) is 22.6. The van der Waals surface area contributed by atoms with Gasteiger partial charge < -0.3 is 30.7 Å². The number of nitrogens with one attached hydrogen (secondary N) is 2. The Bertz CT molecular complexity index is 1340. The van der Waals surface area contributed by atoms with E-state index in [1.807, 2.05) is 60.7 Å². The molecule has 0 unspecified atom stereocenters. The molecule has 0 bridgehead atoms. The van der Waals surface area contributed by atoms with E-state index in [1.54, 1.807) is 23.2 Å². The third kappa shape index (κ3) is 6.50. The van der Waals surface area contributed by atoms with Gasteiger partial charge in [-0.15, -0.1) is 0 Å². The molecule has 2 amide bonds. The Morgan fingerprint density at radius 2 is 1.76 bits per heavy atom. The van der Waals surface area contributed by atoms with Crippen molar-refractivity contribution in [1.82, 2.24) is 25.2 Å². The summed E-state index contributed by atoms with van der Waals surface area (Å²) < 4.78 is 11.3. The molecule has 1 saturated heterocycles. The second-order valence-electron chi connectivity index (χ2n) is 8.36. The number of nitrogens with zero attached hydrogens (tertiary/aromatic N) is 4. The number of amides is 2. The number of benzene rings is 2. The fraction of sp³-hybridized carbons (Fsp3) is 0.185. The quantitative estimate of drug-likeness (QED) is 0.347. The number of ether oxygens (including phenoxy) is 2. The molecule has 4 N–H and O–H groups in total. The predicted molar refractivity (Wildman–Crippen MR) is 141 cm³/mol. The lowest BCUT2D eigenvalue weighted by Crippen LogP contribution is -2.45. The van der Waals surface area contributed by atoms with Crippen LogP contribution in [0.4, 0.5) is 22.2 Å². The maximum atomic E-state index is 12.3. The maximum absolute atomic E-state index is 12.3. The van der Waals surface area contributed by atoms with Crippen molar-refractivity contribution in [1.29, 1.82) is 0 Å². The van der Waals surface area contributed by atoms with E-state index in [4.69, 9.17) is 15.2 Å². The molecule has 0 aliphatic carbocycles. The van der Waals surface area contributed by atoms with Gasteiger partial charge in [-0.25, -0.2) is 9.78 Å². The van der Waals surface area contributed by atoms with Crippen molar-refractivity contribution in [3.8, 4) is 22.8 Å². The molecule has 37 heavy (non-hydrogen) atoms. The first-order chi connectivity index (χ1) is 18.1. The van der Waals surface area contributed by atoms with Crippen LogP contribution in [0.15, 0.2) is 79.0 Å². The lowest BCUT2D eigenvalue weighted by atomic mass is 10.1. The highest BCUT2D eigenvalue weighted by Gasteiger charge is 2.16. The minimum atomic E-state index is -0.124. The molecular weight excluding hydrogens is 470 g/mol. The summed E-state index contributed by atoms with van der Waals surface area (Å²) in [5, 5.41) is 6.16. The number of nitrogens with two attached hydrogens (primary N) is 1. The normalized spacial score (nSPS) is 13.1. The van der Waals surface area contributed by atoms with E-state index in [9.17, 15) is 4.79 Å². The molecule has 2 aromatic carbocycles. The van der Waals surface area contributed by atoms with Gasteiger partial charge in [0.15, 0.2) is 0 Å². The number of anilines is 3. The van der Waals surface area contributed by atoms with Gasteiger partial charge in [0, 0.05) is 42.7 Å². The zero-order valence-electron chi connectivity index (χ0n) is 20.1. The fourth-order valence-corrected chi connectivity index (χ4v) is 3.84. The fourth-order valence-electron chi connectivity index (χ4n) is 3.84. The standard InChI is InChI=1S/C27H27N7O3/c28-26-32-24(19-4-2-1-3-5-19)17-25(33-26)31-20-6-8-22(9-7-20)37-23-10-11-29-21(16-23)18-30-27(35)34-12-14-36-15-13-34/h1-11,16-17H,12-15,18H2,(H,30,35)(H3,28,31,32,33). The lowest BCUT2D eigenvalue weighted by molar-refractivity contribution is 0.0531. The average molecular weight is 498 g/mol. The lowest BCUT2D eigenvalue weighted by Gasteiger charge is -2.26. The van der Waals surface area contributed by atoms with Crippen LogP contribution in [0.25, 0.3) is 11.3 Å². The van der Waals surface area contributed by atoms with Gasteiger partial charge in [-0.1, -0.05) is 30.3 Å². The first-order valence-corrected chi connectivity index (χ1v) is 11.9. The van der Waals surface area contributed by atoms with E-state index < -0.39 is 0 Å². The molecule has 4 aromatic rings. The summed E-state index contributed by atoms with van der Waals surface area (Å²) in [6.45, 7) is 2.61. The molecule has 0 atom stereocenters. The maximum Gasteiger partial charge on any atom is 0.317 e. The number of hydrogen-bond acceptors (Lipinski definition) is 8. The molecule has 2 aromatic heterocycles. The Kier molecular flexibility index (Phi) is 7.37. The molecule has 0 radical (unpaired) electrons. The number of aromatic nitrogens is 3. The molecule has 1 fully saturated rings. The minimum Gasteiger partial charge on any atom is -0.457 e. The molecule has 1 aliphatic heterocycles. The van der Waals surface area contributed by atoms with Crippen molar-refractivity contribution >= 4 is 23.5 Å². The summed E-state index contributed by atoms with van der Waals surface area (Å²) >= 11 is 0. The van der Waals surface area contributed by atoms with E-state index in [-0.39, 0.29) is 12.0 Å². The van der Waals surface area contributed by atoms with E-state index in [2.05, 4.69) is 25.6 Å². The van der Waals surface area contributed by atoms with Crippen LogP contribution in [-0.2, 0) is 11.3 Å². The van der Waals surface area contributed by atoms with Crippen LogP contribution in [0.1, 0.15) is 5.69 Å². The first kappa shape index (κ1) is 24.0. The van der Waals surface area contributed by atoms with Crippen LogP contribution in [0.3, 0.4) is 0 Å². The Morgan fingerprint density at radius 1 is 0.973 bits per heavy atom. The first-order valence-electron chi connectivity index (χ1n) is 11.9.